The van der Waals surface area contributed by atoms with E-state index in [1.54, 1.807) is 18.5 Å². The van der Waals surface area contributed by atoms with Crippen molar-refractivity contribution in [3.05, 3.63) is 54.4 Å². The number of carbonyl (C=O) groups is 1. The summed E-state index contributed by atoms with van der Waals surface area (Å²) in [5, 5.41) is 6.84. The third-order valence-electron chi connectivity index (χ3n) is 2.63. The molecule has 1 heterocycles. The average Bonchev–Trinajstić information content (AvgIpc) is 2.83. The summed E-state index contributed by atoms with van der Waals surface area (Å²) in [5.74, 6) is 0. The lowest BCUT2D eigenvalue weighted by molar-refractivity contribution is 0.228. The Kier molecular flexibility index (Phi) is 2.95. The second-order valence-corrected chi connectivity index (χ2v) is 4.37. The Morgan fingerprint density at radius 1 is 1.24 bits per heavy atom. The quantitative estimate of drug-likeness (QED) is 0.859. The summed E-state index contributed by atoms with van der Waals surface area (Å²) in [5.41, 5.74) is 0.630. The molecule has 4 nitrogen and oxygen atoms in total. The number of nitrogens with one attached hydrogen (secondary N) is 1. The highest BCUT2D eigenvalue weighted by atomic mass is 16.2. The van der Waals surface area contributed by atoms with Gasteiger partial charge in [0.2, 0.25) is 0 Å². The number of nitrogens with zero attached hydrogens (tertiary/aromatic N) is 2. The highest BCUT2D eigenvalue weighted by molar-refractivity contribution is 5.76. The van der Waals surface area contributed by atoms with Crippen molar-refractivity contribution in [3.63, 3.8) is 0 Å². The van der Waals surface area contributed by atoms with E-state index < -0.39 is 5.54 Å². The van der Waals surface area contributed by atoms with Crippen LogP contribution in [0.4, 0.5) is 4.79 Å². The monoisotopic (exact) mass is 229 g/mol. The molecule has 0 saturated heterocycles. The second-order valence-electron chi connectivity index (χ2n) is 4.37. The van der Waals surface area contributed by atoms with Gasteiger partial charge in [-0.15, -0.1) is 0 Å². The molecule has 88 valence electrons. The number of hydrogen-bond acceptors (Lipinski definition) is 2. The summed E-state index contributed by atoms with van der Waals surface area (Å²) < 4.78 is 1.28. The van der Waals surface area contributed by atoms with Gasteiger partial charge in [-0.2, -0.15) is 9.78 Å². The maximum Gasteiger partial charge on any atom is 0.342 e. The van der Waals surface area contributed by atoms with Crippen LogP contribution >= 0.6 is 0 Å². The lowest BCUT2D eigenvalue weighted by Crippen LogP contribution is -2.43. The van der Waals surface area contributed by atoms with Crippen LogP contribution in [0.3, 0.4) is 0 Å². The van der Waals surface area contributed by atoms with Gasteiger partial charge in [0.05, 0.1) is 5.54 Å². The lowest BCUT2D eigenvalue weighted by Gasteiger charge is -2.26. The van der Waals surface area contributed by atoms with E-state index in [-0.39, 0.29) is 6.03 Å². The lowest BCUT2D eigenvalue weighted by atomic mass is 9.95. The molecule has 1 aromatic heterocycles. The Hall–Kier alpha value is -2.10. The zero-order chi connectivity index (χ0) is 12.3. The van der Waals surface area contributed by atoms with E-state index in [1.165, 1.54) is 4.68 Å². The van der Waals surface area contributed by atoms with Gasteiger partial charge >= 0.3 is 6.03 Å². The van der Waals surface area contributed by atoms with Crippen molar-refractivity contribution in [2.75, 3.05) is 0 Å². The number of aromatic nitrogens is 2. The normalized spacial score (nSPS) is 11.2. The fraction of sp³-hybridized carbons (Fsp3) is 0.231. The SMILES string of the molecule is CC(C)(NC(=O)n1cccn1)c1ccccc1. The Morgan fingerprint density at radius 2 is 1.94 bits per heavy atom. The van der Waals surface area contributed by atoms with Gasteiger partial charge in [-0.1, -0.05) is 30.3 Å². The van der Waals surface area contributed by atoms with Gasteiger partial charge in [0.25, 0.3) is 0 Å². The predicted molar refractivity (Wildman–Crippen MR) is 65.6 cm³/mol. The predicted octanol–water partition coefficient (Wildman–Crippen LogP) is 2.38. The van der Waals surface area contributed by atoms with Crippen molar-refractivity contribution in [1.82, 2.24) is 15.1 Å². The van der Waals surface area contributed by atoms with E-state index in [0.29, 0.717) is 0 Å². The van der Waals surface area contributed by atoms with Gasteiger partial charge in [0.15, 0.2) is 0 Å². The number of rotatable bonds is 2. The van der Waals surface area contributed by atoms with Gasteiger partial charge in [0.1, 0.15) is 0 Å². The van der Waals surface area contributed by atoms with Crippen LogP contribution < -0.4 is 5.32 Å². The summed E-state index contributed by atoms with van der Waals surface area (Å²) in [7, 11) is 0. The Bertz CT molecular complexity index is 489. The molecule has 0 saturated carbocycles. The zero-order valence-corrected chi connectivity index (χ0v) is 9.92. The highest BCUT2D eigenvalue weighted by Crippen LogP contribution is 2.19. The van der Waals surface area contributed by atoms with Crippen LogP contribution in [0.5, 0.6) is 0 Å². The van der Waals surface area contributed by atoms with Gasteiger partial charge in [-0.25, -0.2) is 4.79 Å². The third-order valence-corrected chi connectivity index (χ3v) is 2.63. The van der Waals surface area contributed by atoms with Crippen molar-refractivity contribution < 1.29 is 4.79 Å². The Morgan fingerprint density at radius 3 is 2.53 bits per heavy atom. The van der Waals surface area contributed by atoms with Crippen LogP contribution in [0.2, 0.25) is 0 Å². The van der Waals surface area contributed by atoms with Gasteiger partial charge in [-0.3, -0.25) is 0 Å². The topological polar surface area (TPSA) is 46.9 Å². The van der Waals surface area contributed by atoms with E-state index in [4.69, 9.17) is 0 Å². The molecule has 1 N–H and O–H groups in total. The summed E-state index contributed by atoms with van der Waals surface area (Å²) >= 11 is 0. The van der Waals surface area contributed by atoms with Crippen LogP contribution in [-0.2, 0) is 5.54 Å². The Labute approximate surface area is 100 Å². The number of hydrogen-bond donors (Lipinski definition) is 1. The van der Waals surface area contributed by atoms with Crippen LogP contribution in [0.1, 0.15) is 19.4 Å². The molecule has 0 atom stereocenters. The van der Waals surface area contributed by atoms with Crippen molar-refractivity contribution >= 4 is 6.03 Å². The minimum absolute atomic E-state index is 0.233. The number of benzene rings is 1. The minimum atomic E-state index is -0.426. The molecule has 17 heavy (non-hydrogen) atoms. The molecule has 1 aromatic carbocycles. The Balaban J connectivity index is 2.15. The van der Waals surface area contributed by atoms with Crippen molar-refractivity contribution in [2.45, 2.75) is 19.4 Å². The molecule has 0 fully saturated rings. The molecule has 0 aliphatic carbocycles. The molecule has 0 bridgehead atoms. The molecule has 0 aliphatic rings. The van der Waals surface area contributed by atoms with Crippen molar-refractivity contribution in [2.24, 2.45) is 0 Å². The van der Waals surface area contributed by atoms with Crippen LogP contribution in [0.25, 0.3) is 0 Å². The van der Waals surface area contributed by atoms with E-state index in [1.807, 2.05) is 44.2 Å². The van der Waals surface area contributed by atoms with Crippen molar-refractivity contribution in [1.29, 1.82) is 0 Å². The molecule has 0 unspecified atom stereocenters. The smallest absolute Gasteiger partial charge is 0.327 e. The number of amides is 1. The first-order chi connectivity index (χ1) is 8.09. The largest absolute Gasteiger partial charge is 0.342 e. The van der Waals surface area contributed by atoms with Gasteiger partial charge in [0, 0.05) is 12.4 Å². The van der Waals surface area contributed by atoms with Gasteiger partial charge < -0.3 is 5.32 Å². The molecular formula is C13H15N3O. The molecule has 1 amide bonds. The van der Waals surface area contributed by atoms with E-state index in [9.17, 15) is 4.79 Å². The second kappa shape index (κ2) is 4.41. The highest BCUT2D eigenvalue weighted by Gasteiger charge is 2.23. The molecule has 0 spiro atoms. The molecule has 0 aliphatic heterocycles. The fourth-order valence-electron chi connectivity index (χ4n) is 1.64. The van der Waals surface area contributed by atoms with Crippen LogP contribution in [0, 0.1) is 0 Å². The first kappa shape index (κ1) is 11.4. The maximum atomic E-state index is 11.9. The first-order valence-electron chi connectivity index (χ1n) is 5.47. The van der Waals surface area contributed by atoms with E-state index in [0.717, 1.165) is 5.56 Å². The molecule has 4 heteroatoms. The molecular weight excluding hydrogens is 214 g/mol. The van der Waals surface area contributed by atoms with Crippen molar-refractivity contribution in [3.8, 4) is 0 Å². The maximum absolute atomic E-state index is 11.9. The zero-order valence-electron chi connectivity index (χ0n) is 9.92. The van der Waals surface area contributed by atoms with Crippen LogP contribution in [-0.4, -0.2) is 15.8 Å². The number of carbonyl (C=O) groups excluding carboxylic acids is 1. The van der Waals surface area contributed by atoms with Gasteiger partial charge in [-0.05, 0) is 25.5 Å². The first-order valence-corrected chi connectivity index (χ1v) is 5.47. The summed E-state index contributed by atoms with van der Waals surface area (Å²) in [4.78, 5) is 11.9. The molecule has 0 radical (unpaired) electrons. The standard InChI is InChI=1S/C13H15N3O/c1-13(2,11-7-4-3-5-8-11)15-12(17)16-10-6-9-14-16/h3-10H,1-2H3,(H,15,17). The van der Waals surface area contributed by atoms with E-state index in [2.05, 4.69) is 10.4 Å². The van der Waals surface area contributed by atoms with Crippen LogP contribution in [0.15, 0.2) is 48.8 Å². The average molecular weight is 229 g/mol. The summed E-state index contributed by atoms with van der Waals surface area (Å²) in [6, 6.07) is 11.3. The third kappa shape index (κ3) is 2.53. The summed E-state index contributed by atoms with van der Waals surface area (Å²) in [6.07, 6.45) is 3.20. The summed E-state index contributed by atoms with van der Waals surface area (Å²) in [6.45, 7) is 3.92. The van der Waals surface area contributed by atoms with E-state index >= 15 is 0 Å². The molecule has 2 aromatic rings. The minimum Gasteiger partial charge on any atom is -0.327 e. The molecule has 2 rings (SSSR count). The fourth-order valence-corrected chi connectivity index (χ4v) is 1.64.